The Hall–Kier alpha value is -5.62. The summed E-state index contributed by atoms with van der Waals surface area (Å²) in [5.41, 5.74) is 5.41. The van der Waals surface area contributed by atoms with Gasteiger partial charge < -0.3 is 20.5 Å². The lowest BCUT2D eigenvalue weighted by atomic mass is 10.0. The van der Waals surface area contributed by atoms with Crippen LogP contribution in [0.4, 0.5) is 5.69 Å². The molecule has 1 saturated heterocycles. The molecule has 2 aromatic carbocycles. The highest BCUT2D eigenvalue weighted by Crippen LogP contribution is 2.37. The van der Waals surface area contributed by atoms with Crippen molar-refractivity contribution in [2.24, 2.45) is 0 Å². The number of ether oxygens (including phenoxy) is 1. The van der Waals surface area contributed by atoms with Crippen LogP contribution in [-0.2, 0) is 35.7 Å². The summed E-state index contributed by atoms with van der Waals surface area (Å²) in [5.74, 6) is 6.86. The zero-order valence-electron chi connectivity index (χ0n) is 28.5. The molecule has 3 aliphatic rings. The van der Waals surface area contributed by atoms with Gasteiger partial charge in [-0.25, -0.2) is 0 Å². The monoisotopic (exact) mass is 716 g/mol. The number of anilines is 1. The molecule has 3 amide bonds. The highest BCUT2D eigenvalue weighted by Gasteiger charge is 2.45. The molecule has 0 spiro atoms. The summed E-state index contributed by atoms with van der Waals surface area (Å²) in [6.07, 6.45) is 5.59. The number of nitrogens with zero attached hydrogens (tertiary/aromatic N) is 6. The number of carbonyl (C=O) groups excluding carboxylic acids is 3. The van der Waals surface area contributed by atoms with Crippen molar-refractivity contribution >= 4 is 34.7 Å². The number of hydrogen-bond donors (Lipinski definition) is 3. The Morgan fingerprint density at radius 2 is 1.88 bits per heavy atom. The van der Waals surface area contributed by atoms with Gasteiger partial charge in [-0.05, 0) is 62.3 Å². The average Bonchev–Trinajstić information content (AvgIpc) is 3.87. The van der Waals surface area contributed by atoms with Gasteiger partial charge in [0.25, 0.3) is 11.8 Å². The number of aryl methyl sites for hydroxylation is 2. The molecule has 5 aromatic rings. The van der Waals surface area contributed by atoms with E-state index in [1.807, 2.05) is 36.0 Å². The van der Waals surface area contributed by atoms with Crippen molar-refractivity contribution in [2.75, 3.05) is 11.9 Å². The van der Waals surface area contributed by atoms with Crippen molar-refractivity contribution in [1.29, 1.82) is 0 Å². The number of hydrogen-bond acceptors (Lipinski definition) is 10. The Morgan fingerprint density at radius 1 is 1.02 bits per heavy atom. The minimum Gasteiger partial charge on any atom is -0.384 e. The Bertz CT molecular complexity index is 2250. The second-order valence-electron chi connectivity index (χ2n) is 13.0. The number of unbranched alkanes of at least 4 members (excludes halogenated alkanes) is 1. The van der Waals surface area contributed by atoms with Crippen LogP contribution in [-0.4, -0.2) is 71.1 Å². The first-order valence-electron chi connectivity index (χ1n) is 17.3. The standard InChI is InChI=1S/C38H36N8O5S/c1-23-42-43-32-22-51-21-28-27(18-24-8-3-2-4-9-24)31(52-38(28)45(23)32)14-12-25-19-40-44(20-25)17-6-5-16-39-29-11-7-10-26-34(29)37(50)46(36(26)49)30-13-15-33(47)41-35(30)48/h2-4,7-11,19-20,30,33,39,47H,5-6,13,15-18,21-22H2,1H3,(H,41,48). The Balaban J connectivity index is 0.913. The van der Waals surface area contributed by atoms with Crippen LogP contribution in [0.5, 0.6) is 0 Å². The van der Waals surface area contributed by atoms with Gasteiger partial charge in [0.05, 0.1) is 34.4 Å². The summed E-state index contributed by atoms with van der Waals surface area (Å²) in [6, 6.07) is 14.5. The van der Waals surface area contributed by atoms with Gasteiger partial charge in [0.2, 0.25) is 5.91 Å². The van der Waals surface area contributed by atoms with E-state index < -0.39 is 30.0 Å². The third-order valence-corrected chi connectivity index (χ3v) is 10.7. The maximum Gasteiger partial charge on any atom is 0.264 e. The predicted octanol–water partition coefficient (Wildman–Crippen LogP) is 3.94. The first-order chi connectivity index (χ1) is 25.4. The van der Waals surface area contributed by atoms with Crippen LogP contribution in [0.15, 0.2) is 60.9 Å². The zero-order chi connectivity index (χ0) is 35.8. The van der Waals surface area contributed by atoms with Gasteiger partial charge in [0.1, 0.15) is 29.7 Å². The molecule has 264 valence electrons. The number of aromatic nitrogens is 5. The highest BCUT2D eigenvalue weighted by atomic mass is 32.1. The molecule has 3 aliphatic heterocycles. The molecular weight excluding hydrogens is 681 g/mol. The number of rotatable bonds is 9. The van der Waals surface area contributed by atoms with E-state index in [1.54, 1.807) is 35.7 Å². The molecule has 8 rings (SSSR count). The van der Waals surface area contributed by atoms with Crippen LogP contribution in [0.2, 0.25) is 0 Å². The Kier molecular flexibility index (Phi) is 9.14. The molecule has 0 saturated carbocycles. The molecule has 0 aliphatic carbocycles. The third-order valence-electron chi connectivity index (χ3n) is 9.56. The molecule has 52 heavy (non-hydrogen) atoms. The molecule has 2 unspecified atom stereocenters. The van der Waals surface area contributed by atoms with Gasteiger partial charge in [-0.3, -0.25) is 28.5 Å². The fourth-order valence-corrected chi connectivity index (χ4v) is 8.22. The van der Waals surface area contributed by atoms with Crippen LogP contribution in [0.25, 0.3) is 5.00 Å². The summed E-state index contributed by atoms with van der Waals surface area (Å²) >= 11 is 1.64. The van der Waals surface area contributed by atoms with E-state index in [0.717, 1.165) is 62.4 Å². The van der Waals surface area contributed by atoms with Crippen molar-refractivity contribution in [3.8, 4) is 16.8 Å². The predicted molar refractivity (Wildman–Crippen MR) is 192 cm³/mol. The van der Waals surface area contributed by atoms with E-state index in [9.17, 15) is 19.5 Å². The topological polar surface area (TPSA) is 156 Å². The average molecular weight is 717 g/mol. The third kappa shape index (κ3) is 6.38. The summed E-state index contributed by atoms with van der Waals surface area (Å²) in [5, 5.41) is 29.7. The first kappa shape index (κ1) is 33.5. The van der Waals surface area contributed by atoms with E-state index in [4.69, 9.17) is 4.74 Å². The van der Waals surface area contributed by atoms with Gasteiger partial charge in [0.15, 0.2) is 5.82 Å². The highest BCUT2D eigenvalue weighted by molar-refractivity contribution is 7.15. The minimum absolute atomic E-state index is 0.216. The number of carbonyl (C=O) groups is 3. The maximum absolute atomic E-state index is 13.4. The second-order valence-corrected chi connectivity index (χ2v) is 14.0. The zero-order valence-corrected chi connectivity index (χ0v) is 29.3. The minimum atomic E-state index is -0.969. The largest absolute Gasteiger partial charge is 0.384 e. The molecule has 14 heteroatoms. The number of imide groups is 1. The van der Waals surface area contributed by atoms with Crippen molar-refractivity contribution in [2.45, 2.75) is 71.1 Å². The fraction of sp³-hybridized carbons (Fsp3) is 0.316. The number of aliphatic hydroxyl groups is 1. The first-order valence-corrected chi connectivity index (χ1v) is 18.1. The molecular formula is C38H36N8O5S. The number of benzene rings is 2. The molecule has 2 atom stereocenters. The lowest BCUT2D eigenvalue weighted by Gasteiger charge is -2.31. The van der Waals surface area contributed by atoms with Crippen LogP contribution < -0.4 is 10.6 Å². The summed E-state index contributed by atoms with van der Waals surface area (Å²) in [4.78, 5) is 41.0. The van der Waals surface area contributed by atoms with Gasteiger partial charge in [-0.2, -0.15) is 5.10 Å². The van der Waals surface area contributed by atoms with E-state index in [0.29, 0.717) is 32.0 Å². The number of aliphatic hydroxyl groups excluding tert-OH is 1. The molecule has 3 aromatic heterocycles. The van der Waals surface area contributed by atoms with Crippen LogP contribution in [0.1, 0.15) is 85.2 Å². The summed E-state index contributed by atoms with van der Waals surface area (Å²) < 4.78 is 9.99. The quantitative estimate of drug-likeness (QED) is 0.117. The molecule has 6 heterocycles. The number of nitrogens with one attached hydrogen (secondary N) is 2. The van der Waals surface area contributed by atoms with Crippen molar-refractivity contribution < 1.29 is 24.2 Å². The molecule has 13 nitrogen and oxygen atoms in total. The second kappa shape index (κ2) is 14.2. The van der Waals surface area contributed by atoms with Crippen molar-refractivity contribution in [1.82, 2.24) is 34.8 Å². The summed E-state index contributed by atoms with van der Waals surface area (Å²) in [7, 11) is 0. The SMILES string of the molecule is Cc1nnc2n1-c1sc(C#Cc3cnn(CCCCNc4cccc5c4C(=O)N(C4CCC(O)NC4=O)C5=O)c3)c(Cc3ccccc3)c1COC2. The lowest BCUT2D eigenvalue weighted by molar-refractivity contribution is -0.131. The van der Waals surface area contributed by atoms with Gasteiger partial charge in [0, 0.05) is 30.5 Å². The lowest BCUT2D eigenvalue weighted by Crippen LogP contribution is -2.55. The summed E-state index contributed by atoms with van der Waals surface area (Å²) in [6.45, 7) is 4.10. The number of fused-ring (bicyclic) bond motifs is 4. The van der Waals surface area contributed by atoms with Gasteiger partial charge >= 0.3 is 0 Å². The smallest absolute Gasteiger partial charge is 0.264 e. The van der Waals surface area contributed by atoms with Crippen LogP contribution in [0.3, 0.4) is 0 Å². The molecule has 0 bridgehead atoms. The molecule has 0 radical (unpaired) electrons. The van der Waals surface area contributed by atoms with Gasteiger partial charge in [-0.15, -0.1) is 21.5 Å². The Labute approximate surface area is 303 Å². The number of thiophene rings is 1. The van der Waals surface area contributed by atoms with E-state index in [2.05, 4.69) is 54.5 Å². The van der Waals surface area contributed by atoms with Crippen molar-refractivity contribution in [3.63, 3.8) is 0 Å². The molecule has 3 N–H and O–H groups in total. The molecule has 1 fully saturated rings. The van der Waals surface area contributed by atoms with E-state index in [-0.39, 0.29) is 24.0 Å². The van der Waals surface area contributed by atoms with E-state index in [1.165, 1.54) is 5.56 Å². The van der Waals surface area contributed by atoms with Crippen molar-refractivity contribution in [3.05, 3.63) is 111 Å². The Morgan fingerprint density at radius 3 is 2.73 bits per heavy atom. The fourth-order valence-electron chi connectivity index (χ4n) is 6.97. The normalized spacial score (nSPS) is 17.9. The number of amides is 3. The maximum atomic E-state index is 13.4. The van der Waals surface area contributed by atoms with Gasteiger partial charge in [-0.1, -0.05) is 48.2 Å². The van der Waals surface area contributed by atoms with E-state index >= 15 is 0 Å². The van der Waals surface area contributed by atoms with Crippen LogP contribution in [0, 0.1) is 18.8 Å². The van der Waals surface area contributed by atoms with Crippen LogP contribution >= 0.6 is 11.3 Å². The number of piperidine rings is 1.